The number of hydrogen-bond acceptors (Lipinski definition) is 7. The minimum Gasteiger partial charge on any atom is -0.454 e. The molecule has 0 saturated carbocycles. The molecule has 0 amide bonds. The van der Waals surface area contributed by atoms with Crippen LogP contribution < -0.4 is 15.5 Å². The Bertz CT molecular complexity index is 1810. The predicted octanol–water partition coefficient (Wildman–Crippen LogP) is 8.03. The van der Waals surface area contributed by atoms with Crippen LogP contribution in [0.25, 0.3) is 10.9 Å². The number of ether oxygens (including phenoxy) is 1. The molecule has 0 saturated heterocycles. The number of aromatic nitrogens is 1. The maximum Gasteiger partial charge on any atom is 0.168 e. The van der Waals surface area contributed by atoms with Gasteiger partial charge in [0, 0.05) is 47.1 Å². The molecule has 1 aromatic heterocycles. The molecule has 2 aliphatic rings. The highest BCUT2D eigenvalue weighted by Crippen LogP contribution is 2.42. The third kappa shape index (κ3) is 8.19. The van der Waals surface area contributed by atoms with Crippen molar-refractivity contribution >= 4 is 34.8 Å². The van der Waals surface area contributed by atoms with Crippen LogP contribution in [0.1, 0.15) is 62.8 Å². The lowest BCUT2D eigenvalue weighted by Crippen LogP contribution is -2.48. The number of aldehydes is 1. The quantitative estimate of drug-likeness (QED) is 0.188. The van der Waals surface area contributed by atoms with Gasteiger partial charge in [0.05, 0.1) is 5.56 Å². The number of nitrogens with one attached hydrogen (secondary N) is 3. The second-order valence-corrected chi connectivity index (χ2v) is 15.4. The summed E-state index contributed by atoms with van der Waals surface area (Å²) >= 11 is 1.86. The van der Waals surface area contributed by atoms with Crippen molar-refractivity contribution < 1.29 is 18.3 Å². The van der Waals surface area contributed by atoms with Crippen molar-refractivity contribution in [3.05, 3.63) is 94.7 Å². The highest BCUT2D eigenvalue weighted by molar-refractivity contribution is 7.99. The van der Waals surface area contributed by atoms with Crippen LogP contribution in [-0.4, -0.2) is 60.9 Å². The highest BCUT2D eigenvalue weighted by Gasteiger charge is 2.42. The van der Waals surface area contributed by atoms with Crippen LogP contribution in [0.15, 0.2) is 65.8 Å². The molecule has 0 fully saturated rings. The van der Waals surface area contributed by atoms with E-state index in [0.717, 1.165) is 58.2 Å². The van der Waals surface area contributed by atoms with Crippen LogP contribution in [0, 0.1) is 23.0 Å². The van der Waals surface area contributed by atoms with Gasteiger partial charge in [-0.05, 0) is 92.1 Å². The first kappa shape index (κ1) is 36.5. The fraction of sp³-hybridized carbons (Fsp3) is 0.436. The summed E-state index contributed by atoms with van der Waals surface area (Å²) < 4.78 is 37.4. The van der Waals surface area contributed by atoms with E-state index < -0.39 is 17.0 Å². The van der Waals surface area contributed by atoms with E-state index in [2.05, 4.69) is 60.8 Å². The normalized spacial score (nSPS) is 21.4. The van der Waals surface area contributed by atoms with E-state index in [4.69, 9.17) is 9.73 Å². The molecule has 3 N–H and O–H groups in total. The number of amidine groups is 1. The Kier molecular flexibility index (Phi) is 11.5. The molecule has 6 rings (SSSR count). The van der Waals surface area contributed by atoms with Gasteiger partial charge in [0.25, 0.3) is 0 Å². The van der Waals surface area contributed by atoms with E-state index in [0.29, 0.717) is 24.4 Å². The third-order valence-electron chi connectivity index (χ3n) is 9.44. The van der Waals surface area contributed by atoms with Crippen LogP contribution in [0.2, 0.25) is 0 Å². The summed E-state index contributed by atoms with van der Waals surface area (Å²) in [5.74, 6) is 1.71. The van der Waals surface area contributed by atoms with Crippen molar-refractivity contribution in [3.8, 4) is 11.5 Å². The Morgan fingerprint density at radius 1 is 1.10 bits per heavy atom. The molecule has 3 heterocycles. The number of nitrogens with zero attached hydrogens (tertiary/aromatic N) is 2. The molecular weight excluding hydrogens is 641 g/mol. The predicted molar refractivity (Wildman–Crippen MR) is 198 cm³/mol. The standard InChI is InChI=1S/C37H42F2N4O2S.C2H7N/c1-23(21-44)17-24-7-6-8-25(18-24)37(4)14-13-36(2,3)22-46-16-12-28-27-11-15-40-32(27)20-31(39)33(28)45-26-9-10-30(38)29(19-26)34-41-35(37)42-43(34)5;1-3-2/h6-11,15,18-21,23,35,40,42H,12-14,16-17,22H2,1-5H3;3H,1-2H3. The van der Waals surface area contributed by atoms with Crippen molar-refractivity contribution in [3.63, 3.8) is 0 Å². The molecular formula is C39H49F2N5O2S. The first-order valence-corrected chi connectivity index (χ1v) is 18.1. The zero-order chi connectivity index (χ0) is 35.3. The van der Waals surface area contributed by atoms with Crippen LogP contribution in [-0.2, 0) is 23.1 Å². The van der Waals surface area contributed by atoms with E-state index in [-0.39, 0.29) is 28.8 Å². The number of hydrazine groups is 1. The van der Waals surface area contributed by atoms with E-state index in [1.807, 2.05) is 52.1 Å². The van der Waals surface area contributed by atoms with E-state index >= 15 is 8.78 Å². The van der Waals surface area contributed by atoms with Gasteiger partial charge in [-0.2, -0.15) is 11.8 Å². The summed E-state index contributed by atoms with van der Waals surface area (Å²) in [6.45, 7) is 8.74. The molecule has 0 aliphatic carbocycles. The SMILES string of the molecule is CC(C=O)Cc1cccc(C2(C)CCC(C)(C)CSCCc3c(c(F)cc4[nH]ccc34)Oc3ccc(F)c(c3)C3=NC2NN3C)c1.CNC. The summed E-state index contributed by atoms with van der Waals surface area (Å²) in [7, 11) is 5.59. The number of hydrogen-bond donors (Lipinski definition) is 3. The van der Waals surface area contributed by atoms with Crippen molar-refractivity contribution in [2.45, 2.75) is 65.0 Å². The molecule has 0 radical (unpaired) electrons. The second-order valence-electron chi connectivity index (χ2n) is 14.3. The minimum atomic E-state index is -0.461. The van der Waals surface area contributed by atoms with Gasteiger partial charge in [-0.3, -0.25) is 5.01 Å². The maximum atomic E-state index is 15.6. The maximum absolute atomic E-state index is 15.6. The average molecular weight is 690 g/mol. The third-order valence-corrected chi connectivity index (χ3v) is 10.9. The number of thioether (sulfide) groups is 1. The Morgan fingerprint density at radius 3 is 2.63 bits per heavy atom. The van der Waals surface area contributed by atoms with Gasteiger partial charge in [-0.1, -0.05) is 52.0 Å². The molecule has 0 spiro atoms. The van der Waals surface area contributed by atoms with Gasteiger partial charge in [-0.25, -0.2) is 19.2 Å². The fourth-order valence-corrected chi connectivity index (χ4v) is 7.75. The van der Waals surface area contributed by atoms with Gasteiger partial charge < -0.3 is 19.8 Å². The number of aliphatic imine (C=N–C) groups is 1. The minimum absolute atomic E-state index is 0.00395. The second kappa shape index (κ2) is 15.4. The number of rotatable bonds is 4. The monoisotopic (exact) mass is 689 g/mol. The summed E-state index contributed by atoms with van der Waals surface area (Å²) in [6, 6.07) is 16.4. The average Bonchev–Trinajstić information content (AvgIpc) is 3.70. The molecule has 262 valence electrons. The molecule has 3 unspecified atom stereocenters. The van der Waals surface area contributed by atoms with Gasteiger partial charge in [0.1, 0.15) is 29.9 Å². The van der Waals surface area contributed by atoms with Crippen LogP contribution >= 0.6 is 11.8 Å². The smallest absolute Gasteiger partial charge is 0.168 e. The Balaban J connectivity index is 0.00000151. The van der Waals surface area contributed by atoms with E-state index in [9.17, 15) is 4.79 Å². The fourth-order valence-electron chi connectivity index (χ4n) is 6.56. The Hall–Kier alpha value is -3.73. The van der Waals surface area contributed by atoms with Gasteiger partial charge in [0.2, 0.25) is 0 Å². The zero-order valence-electron chi connectivity index (χ0n) is 29.6. The molecule has 2 aliphatic heterocycles. The molecule has 7 nitrogen and oxygen atoms in total. The lowest BCUT2D eigenvalue weighted by atomic mass is 9.72. The van der Waals surface area contributed by atoms with Crippen molar-refractivity contribution in [2.24, 2.45) is 16.3 Å². The molecule has 4 bridgehead atoms. The van der Waals surface area contributed by atoms with Crippen molar-refractivity contribution in [1.82, 2.24) is 20.7 Å². The number of carbonyl (C=O) groups excluding carboxylic acids is 1. The molecule has 3 aromatic carbocycles. The summed E-state index contributed by atoms with van der Waals surface area (Å²) in [4.78, 5) is 19.7. The van der Waals surface area contributed by atoms with E-state index in [1.54, 1.807) is 11.1 Å². The number of carbonyl (C=O) groups is 1. The Labute approximate surface area is 293 Å². The summed E-state index contributed by atoms with van der Waals surface area (Å²) in [6.07, 6.45) is 5.48. The van der Waals surface area contributed by atoms with Crippen LogP contribution in [0.3, 0.4) is 0 Å². The van der Waals surface area contributed by atoms with Crippen LogP contribution in [0.4, 0.5) is 8.78 Å². The molecule has 4 aromatic rings. The topological polar surface area (TPSA) is 81.8 Å². The van der Waals surface area contributed by atoms with Crippen LogP contribution in [0.5, 0.6) is 11.5 Å². The number of halogens is 2. The lowest BCUT2D eigenvalue weighted by molar-refractivity contribution is -0.110. The number of fused-ring (bicyclic) bond motifs is 7. The lowest BCUT2D eigenvalue weighted by Gasteiger charge is -2.38. The molecule has 10 heteroatoms. The van der Waals surface area contributed by atoms with Crippen molar-refractivity contribution in [2.75, 3.05) is 32.6 Å². The largest absolute Gasteiger partial charge is 0.454 e. The first-order valence-electron chi connectivity index (χ1n) is 16.9. The summed E-state index contributed by atoms with van der Waals surface area (Å²) in [5.41, 5.74) is 7.10. The van der Waals surface area contributed by atoms with Gasteiger partial charge >= 0.3 is 0 Å². The highest BCUT2D eigenvalue weighted by atomic mass is 32.2. The Morgan fingerprint density at radius 2 is 1.88 bits per heavy atom. The van der Waals surface area contributed by atoms with Crippen molar-refractivity contribution in [1.29, 1.82) is 0 Å². The number of aromatic amines is 1. The van der Waals surface area contributed by atoms with Gasteiger partial charge in [0.15, 0.2) is 11.6 Å². The summed E-state index contributed by atoms with van der Waals surface area (Å²) in [5, 5.41) is 5.44. The zero-order valence-corrected chi connectivity index (χ0v) is 30.4. The number of H-pyrrole nitrogens is 1. The van der Waals surface area contributed by atoms with E-state index in [1.165, 1.54) is 18.2 Å². The first-order chi connectivity index (χ1) is 23.4. The number of aryl methyl sites for hydroxylation is 1. The molecule has 49 heavy (non-hydrogen) atoms. The number of benzene rings is 3. The van der Waals surface area contributed by atoms with Gasteiger partial charge in [-0.15, -0.1) is 0 Å². The molecule has 3 atom stereocenters.